The van der Waals surface area contributed by atoms with E-state index in [0.717, 1.165) is 31.4 Å². The van der Waals surface area contributed by atoms with Gasteiger partial charge in [-0.05, 0) is 38.1 Å². The normalized spacial score (nSPS) is 15.5. The Morgan fingerprint density at radius 3 is 2.70 bits per heavy atom. The third kappa shape index (κ3) is 5.67. The fourth-order valence-electron chi connectivity index (χ4n) is 2.91. The fourth-order valence-corrected chi connectivity index (χ4v) is 3.63. The summed E-state index contributed by atoms with van der Waals surface area (Å²) in [5, 5.41) is 4.87. The topological polar surface area (TPSA) is 54.5 Å². The van der Waals surface area contributed by atoms with E-state index in [0.29, 0.717) is 5.13 Å². The Kier molecular flexibility index (Phi) is 6.33. The van der Waals surface area contributed by atoms with Crippen LogP contribution in [0.4, 0.5) is 18.3 Å². The van der Waals surface area contributed by atoms with E-state index in [9.17, 15) is 18.0 Å². The molecule has 0 radical (unpaired) electrons. The summed E-state index contributed by atoms with van der Waals surface area (Å²) in [6.07, 6.45) is -0.910. The van der Waals surface area contributed by atoms with Crippen molar-refractivity contribution < 1.29 is 22.7 Å². The van der Waals surface area contributed by atoms with Crippen LogP contribution in [-0.4, -0.2) is 35.5 Å². The molecule has 1 aromatic carbocycles. The maximum Gasteiger partial charge on any atom is 0.419 e. The molecule has 146 valence electrons. The molecular formula is C18H20F3N3O2S. The van der Waals surface area contributed by atoms with E-state index in [2.05, 4.69) is 15.2 Å². The van der Waals surface area contributed by atoms with E-state index < -0.39 is 24.3 Å². The van der Waals surface area contributed by atoms with Crippen molar-refractivity contribution in [2.75, 3.05) is 25.0 Å². The Morgan fingerprint density at radius 2 is 1.96 bits per heavy atom. The van der Waals surface area contributed by atoms with Crippen LogP contribution < -0.4 is 10.1 Å². The molecule has 0 bridgehead atoms. The number of aromatic nitrogens is 1. The van der Waals surface area contributed by atoms with Crippen LogP contribution in [-0.2, 0) is 17.5 Å². The number of piperidine rings is 1. The Morgan fingerprint density at radius 1 is 1.22 bits per heavy atom. The number of rotatable bonds is 6. The lowest BCUT2D eigenvalue weighted by atomic mass is 10.1. The van der Waals surface area contributed by atoms with Crippen LogP contribution in [0.1, 0.15) is 30.5 Å². The second kappa shape index (κ2) is 8.71. The molecule has 1 fully saturated rings. The number of carbonyl (C=O) groups is 1. The molecule has 0 saturated carbocycles. The van der Waals surface area contributed by atoms with Gasteiger partial charge in [0.2, 0.25) is 0 Å². The van der Waals surface area contributed by atoms with Crippen LogP contribution in [0.15, 0.2) is 29.6 Å². The van der Waals surface area contributed by atoms with E-state index >= 15 is 0 Å². The molecule has 0 unspecified atom stereocenters. The molecule has 0 atom stereocenters. The van der Waals surface area contributed by atoms with Gasteiger partial charge in [-0.25, -0.2) is 4.98 Å². The number of nitrogens with one attached hydrogen (secondary N) is 1. The zero-order valence-corrected chi connectivity index (χ0v) is 15.4. The molecule has 1 amide bonds. The second-order valence-electron chi connectivity index (χ2n) is 6.31. The minimum absolute atomic E-state index is 0.370. The van der Waals surface area contributed by atoms with Gasteiger partial charge in [0, 0.05) is 11.9 Å². The number of nitrogens with zero attached hydrogens (tertiary/aromatic N) is 2. The van der Waals surface area contributed by atoms with Crippen LogP contribution in [0, 0.1) is 0 Å². The number of para-hydroxylation sites is 1. The highest BCUT2D eigenvalue weighted by Crippen LogP contribution is 2.35. The zero-order valence-electron chi connectivity index (χ0n) is 14.6. The van der Waals surface area contributed by atoms with Crippen molar-refractivity contribution in [3.63, 3.8) is 0 Å². The largest absolute Gasteiger partial charge is 0.483 e. The summed E-state index contributed by atoms with van der Waals surface area (Å²) in [7, 11) is 0. The number of carbonyl (C=O) groups excluding carboxylic acids is 1. The molecule has 1 aliphatic heterocycles. The second-order valence-corrected chi connectivity index (χ2v) is 7.17. The third-order valence-corrected chi connectivity index (χ3v) is 4.99. The Bertz CT molecular complexity index is 773. The van der Waals surface area contributed by atoms with Crippen LogP contribution >= 0.6 is 11.3 Å². The average molecular weight is 399 g/mol. The first-order valence-electron chi connectivity index (χ1n) is 8.67. The predicted molar refractivity (Wildman–Crippen MR) is 96.8 cm³/mol. The van der Waals surface area contributed by atoms with Gasteiger partial charge in [-0.1, -0.05) is 18.6 Å². The Hall–Kier alpha value is -2.13. The monoisotopic (exact) mass is 399 g/mol. The van der Waals surface area contributed by atoms with Crippen molar-refractivity contribution >= 4 is 22.4 Å². The molecule has 5 nitrogen and oxygen atoms in total. The fraction of sp³-hybridized carbons (Fsp3) is 0.444. The molecule has 1 aromatic heterocycles. The number of amides is 1. The zero-order chi connectivity index (χ0) is 19.3. The van der Waals surface area contributed by atoms with Crippen LogP contribution in [0.2, 0.25) is 0 Å². The summed E-state index contributed by atoms with van der Waals surface area (Å²) in [6.45, 7) is 2.31. The highest BCUT2D eigenvalue weighted by molar-refractivity contribution is 7.13. The number of ether oxygens (including phenoxy) is 1. The van der Waals surface area contributed by atoms with E-state index in [1.54, 1.807) is 0 Å². The van der Waals surface area contributed by atoms with Crippen molar-refractivity contribution in [3.8, 4) is 5.75 Å². The van der Waals surface area contributed by atoms with E-state index in [1.165, 1.54) is 48.8 Å². The van der Waals surface area contributed by atoms with E-state index in [-0.39, 0.29) is 5.75 Å². The summed E-state index contributed by atoms with van der Waals surface area (Å²) in [5.74, 6) is -0.920. The standard InChI is InChI=1S/C18H20F3N3O2S/c19-18(20,21)14-6-2-3-7-15(14)26-11-16(25)23-17-22-13(12-27-17)10-24-8-4-1-5-9-24/h2-3,6-7,12H,1,4-5,8-11H2,(H,22,23,25). The van der Waals surface area contributed by atoms with E-state index in [4.69, 9.17) is 4.74 Å². The first-order chi connectivity index (χ1) is 12.9. The molecular weight excluding hydrogens is 379 g/mol. The van der Waals surface area contributed by atoms with Crippen LogP contribution in [0.5, 0.6) is 5.75 Å². The summed E-state index contributed by atoms with van der Waals surface area (Å²) in [4.78, 5) is 18.7. The van der Waals surface area contributed by atoms with Crippen molar-refractivity contribution in [2.45, 2.75) is 32.0 Å². The minimum atomic E-state index is -4.54. The molecule has 0 aliphatic carbocycles. The van der Waals surface area contributed by atoms with Gasteiger partial charge in [0.05, 0.1) is 11.3 Å². The number of thiazole rings is 1. The molecule has 2 heterocycles. The SMILES string of the molecule is O=C(COc1ccccc1C(F)(F)F)Nc1nc(CN2CCCCC2)cs1. The quantitative estimate of drug-likeness (QED) is 0.792. The lowest BCUT2D eigenvalue weighted by molar-refractivity contribution is -0.139. The number of halogens is 3. The van der Waals surface area contributed by atoms with Gasteiger partial charge in [-0.2, -0.15) is 13.2 Å². The van der Waals surface area contributed by atoms with Gasteiger partial charge in [0.15, 0.2) is 11.7 Å². The highest BCUT2D eigenvalue weighted by atomic mass is 32.1. The van der Waals surface area contributed by atoms with Crippen molar-refractivity contribution in [2.24, 2.45) is 0 Å². The molecule has 0 spiro atoms. The highest BCUT2D eigenvalue weighted by Gasteiger charge is 2.34. The van der Waals surface area contributed by atoms with Crippen molar-refractivity contribution in [3.05, 3.63) is 40.9 Å². The van der Waals surface area contributed by atoms with Gasteiger partial charge < -0.3 is 4.74 Å². The molecule has 9 heteroatoms. The number of anilines is 1. The van der Waals surface area contributed by atoms with Crippen molar-refractivity contribution in [1.82, 2.24) is 9.88 Å². The maximum absolute atomic E-state index is 12.9. The first-order valence-corrected chi connectivity index (χ1v) is 9.55. The van der Waals surface area contributed by atoms with Gasteiger partial charge >= 0.3 is 6.18 Å². The number of hydrogen-bond donors (Lipinski definition) is 1. The first kappa shape index (κ1) is 19.6. The molecule has 1 N–H and O–H groups in total. The summed E-state index contributed by atoms with van der Waals surface area (Å²) in [6, 6.07) is 4.81. The average Bonchev–Trinajstić information content (AvgIpc) is 3.07. The molecule has 3 rings (SSSR count). The lowest BCUT2D eigenvalue weighted by Crippen LogP contribution is -2.29. The number of hydrogen-bond acceptors (Lipinski definition) is 5. The predicted octanol–water partition coefficient (Wildman–Crippen LogP) is 4.17. The third-order valence-electron chi connectivity index (χ3n) is 4.18. The van der Waals surface area contributed by atoms with Gasteiger partial charge in [0.1, 0.15) is 5.75 Å². The Balaban J connectivity index is 1.51. The number of alkyl halides is 3. The lowest BCUT2D eigenvalue weighted by Gasteiger charge is -2.25. The molecule has 1 aliphatic rings. The van der Waals surface area contributed by atoms with Gasteiger partial charge in [-0.3, -0.25) is 15.0 Å². The number of likely N-dealkylation sites (tertiary alicyclic amines) is 1. The summed E-state index contributed by atoms with van der Waals surface area (Å²) >= 11 is 1.29. The van der Waals surface area contributed by atoms with Gasteiger partial charge in [-0.15, -0.1) is 11.3 Å². The Labute approximate surface area is 159 Å². The van der Waals surface area contributed by atoms with Gasteiger partial charge in [0.25, 0.3) is 5.91 Å². The minimum Gasteiger partial charge on any atom is -0.483 e. The molecule has 2 aromatic rings. The van der Waals surface area contributed by atoms with Crippen molar-refractivity contribution in [1.29, 1.82) is 0 Å². The molecule has 1 saturated heterocycles. The van der Waals surface area contributed by atoms with Crippen LogP contribution in [0.25, 0.3) is 0 Å². The summed E-state index contributed by atoms with van der Waals surface area (Å²) < 4.78 is 43.8. The maximum atomic E-state index is 12.9. The molecule has 27 heavy (non-hydrogen) atoms. The van der Waals surface area contributed by atoms with Crippen LogP contribution in [0.3, 0.4) is 0 Å². The summed E-state index contributed by atoms with van der Waals surface area (Å²) in [5.41, 5.74) is -0.0311. The van der Waals surface area contributed by atoms with E-state index in [1.807, 2.05) is 5.38 Å². The number of benzene rings is 1. The smallest absolute Gasteiger partial charge is 0.419 e.